The molecule has 0 radical (unpaired) electrons. The monoisotopic (exact) mass is 153 g/mol. The van der Waals surface area contributed by atoms with E-state index in [1.807, 2.05) is 0 Å². The van der Waals surface area contributed by atoms with E-state index in [4.69, 9.17) is 5.21 Å². The lowest BCUT2D eigenvalue weighted by Gasteiger charge is -2.24. The highest BCUT2D eigenvalue weighted by Gasteiger charge is 2.48. The van der Waals surface area contributed by atoms with Crippen LogP contribution in [-0.4, -0.2) is 10.9 Å². The average Bonchev–Trinajstić information content (AvgIpc) is 2.60. The average molecular weight is 153 g/mol. The Kier molecular flexibility index (Phi) is 1.44. The van der Waals surface area contributed by atoms with Crippen molar-refractivity contribution in [3.63, 3.8) is 0 Å². The molecule has 2 fully saturated rings. The molecular formula is C9H15NO. The van der Waals surface area contributed by atoms with Gasteiger partial charge in [0.15, 0.2) is 0 Å². The molecule has 0 aromatic rings. The lowest BCUT2D eigenvalue weighted by Crippen LogP contribution is -2.24. The lowest BCUT2D eigenvalue weighted by atomic mass is 9.80. The van der Waals surface area contributed by atoms with Crippen molar-refractivity contribution in [1.82, 2.24) is 0 Å². The predicted octanol–water partition coefficient (Wildman–Crippen LogP) is 2.42. The van der Waals surface area contributed by atoms with E-state index < -0.39 is 0 Å². The van der Waals surface area contributed by atoms with Crippen LogP contribution in [0.25, 0.3) is 0 Å². The van der Waals surface area contributed by atoms with Crippen molar-refractivity contribution in [3.8, 4) is 0 Å². The van der Waals surface area contributed by atoms with Gasteiger partial charge in [0.25, 0.3) is 0 Å². The highest BCUT2D eigenvalue weighted by atomic mass is 16.4. The molecule has 0 amide bonds. The first-order chi connectivity index (χ1) is 5.30. The van der Waals surface area contributed by atoms with E-state index in [9.17, 15) is 0 Å². The van der Waals surface area contributed by atoms with E-state index in [1.54, 1.807) is 0 Å². The van der Waals surface area contributed by atoms with Crippen LogP contribution in [-0.2, 0) is 0 Å². The Morgan fingerprint density at radius 3 is 3.00 bits per heavy atom. The maximum Gasteiger partial charge on any atom is 0.0635 e. The standard InChI is InChI=1S/C9H15NO/c1-2-9-4-3-7(6-9)5-8(9)10-11/h7,11H,2-6H2,1H3. The van der Waals surface area contributed by atoms with Crippen LogP contribution in [0.3, 0.4) is 0 Å². The molecule has 2 atom stereocenters. The zero-order valence-electron chi connectivity index (χ0n) is 7.01. The van der Waals surface area contributed by atoms with E-state index in [0.29, 0.717) is 5.41 Å². The highest BCUT2D eigenvalue weighted by Crippen LogP contribution is 2.53. The van der Waals surface area contributed by atoms with Gasteiger partial charge in [-0.3, -0.25) is 0 Å². The molecule has 2 bridgehead atoms. The molecule has 2 unspecified atom stereocenters. The largest absolute Gasteiger partial charge is 0.411 e. The van der Waals surface area contributed by atoms with Gasteiger partial charge in [0.2, 0.25) is 0 Å². The lowest BCUT2D eigenvalue weighted by molar-refractivity contribution is 0.302. The normalized spacial score (nSPS) is 45.5. The van der Waals surface area contributed by atoms with Gasteiger partial charge in [0.05, 0.1) is 5.71 Å². The summed E-state index contributed by atoms with van der Waals surface area (Å²) in [5.74, 6) is 0.834. The number of hydrogen-bond acceptors (Lipinski definition) is 2. The van der Waals surface area contributed by atoms with Crippen molar-refractivity contribution in [2.75, 3.05) is 0 Å². The maximum atomic E-state index is 8.77. The second kappa shape index (κ2) is 2.23. The van der Waals surface area contributed by atoms with Gasteiger partial charge >= 0.3 is 0 Å². The summed E-state index contributed by atoms with van der Waals surface area (Å²) >= 11 is 0. The summed E-state index contributed by atoms with van der Waals surface area (Å²) in [6, 6.07) is 0. The Morgan fingerprint density at radius 1 is 1.73 bits per heavy atom. The third-order valence-electron chi connectivity index (χ3n) is 3.60. The SMILES string of the molecule is CCC12CCC(CC1=NO)C2. The molecule has 1 N–H and O–H groups in total. The zero-order chi connectivity index (χ0) is 7.90. The smallest absolute Gasteiger partial charge is 0.0635 e. The summed E-state index contributed by atoms with van der Waals surface area (Å²) in [5.41, 5.74) is 1.40. The molecule has 2 aliphatic rings. The van der Waals surface area contributed by atoms with Crippen molar-refractivity contribution < 1.29 is 5.21 Å². The molecule has 0 saturated heterocycles. The Balaban J connectivity index is 2.29. The van der Waals surface area contributed by atoms with Crippen LogP contribution in [0.2, 0.25) is 0 Å². The van der Waals surface area contributed by atoms with E-state index in [0.717, 1.165) is 24.5 Å². The first-order valence-electron chi connectivity index (χ1n) is 4.52. The Hall–Kier alpha value is -0.530. The molecule has 0 aromatic heterocycles. The van der Waals surface area contributed by atoms with Crippen LogP contribution in [0.4, 0.5) is 0 Å². The van der Waals surface area contributed by atoms with Gasteiger partial charge in [0, 0.05) is 5.41 Å². The number of rotatable bonds is 1. The third-order valence-corrected chi connectivity index (χ3v) is 3.60. The van der Waals surface area contributed by atoms with E-state index >= 15 is 0 Å². The van der Waals surface area contributed by atoms with Crippen LogP contribution >= 0.6 is 0 Å². The molecule has 0 aromatic carbocycles. The quantitative estimate of drug-likeness (QED) is 0.455. The minimum Gasteiger partial charge on any atom is -0.411 e. The topological polar surface area (TPSA) is 32.6 Å². The molecule has 62 valence electrons. The minimum atomic E-state index is 0.319. The molecule has 2 heteroatoms. The predicted molar refractivity (Wildman–Crippen MR) is 43.9 cm³/mol. The summed E-state index contributed by atoms with van der Waals surface area (Å²) in [6.07, 6.45) is 6.11. The van der Waals surface area contributed by atoms with Crippen LogP contribution in [0.1, 0.15) is 39.0 Å². The zero-order valence-corrected chi connectivity index (χ0v) is 7.01. The van der Waals surface area contributed by atoms with Gasteiger partial charge in [-0.25, -0.2) is 0 Å². The number of nitrogens with zero attached hydrogens (tertiary/aromatic N) is 1. The van der Waals surface area contributed by atoms with Crippen molar-refractivity contribution in [3.05, 3.63) is 0 Å². The van der Waals surface area contributed by atoms with Crippen molar-refractivity contribution in [2.45, 2.75) is 39.0 Å². The Morgan fingerprint density at radius 2 is 2.55 bits per heavy atom. The number of oxime groups is 1. The fraction of sp³-hybridized carbons (Fsp3) is 0.889. The molecule has 2 rings (SSSR count). The molecule has 2 saturated carbocycles. The van der Waals surface area contributed by atoms with Gasteiger partial charge in [-0.05, 0) is 38.0 Å². The fourth-order valence-electron chi connectivity index (χ4n) is 2.84. The minimum absolute atomic E-state index is 0.319. The summed E-state index contributed by atoms with van der Waals surface area (Å²) in [5, 5.41) is 12.2. The molecule has 2 nitrogen and oxygen atoms in total. The summed E-state index contributed by atoms with van der Waals surface area (Å²) in [4.78, 5) is 0. The highest BCUT2D eigenvalue weighted by molar-refractivity contribution is 5.92. The van der Waals surface area contributed by atoms with E-state index in [-0.39, 0.29) is 0 Å². The molecule has 11 heavy (non-hydrogen) atoms. The first kappa shape index (κ1) is 7.14. The molecule has 0 heterocycles. The van der Waals surface area contributed by atoms with Crippen molar-refractivity contribution in [1.29, 1.82) is 0 Å². The van der Waals surface area contributed by atoms with Crippen LogP contribution < -0.4 is 0 Å². The van der Waals surface area contributed by atoms with Gasteiger partial charge in [-0.1, -0.05) is 12.1 Å². The maximum absolute atomic E-state index is 8.77. The van der Waals surface area contributed by atoms with Gasteiger partial charge in [-0.15, -0.1) is 0 Å². The van der Waals surface area contributed by atoms with Crippen LogP contribution in [0.5, 0.6) is 0 Å². The van der Waals surface area contributed by atoms with E-state index in [2.05, 4.69) is 12.1 Å². The number of hydrogen-bond donors (Lipinski definition) is 1. The summed E-state index contributed by atoms with van der Waals surface area (Å²) in [6.45, 7) is 2.21. The first-order valence-corrected chi connectivity index (χ1v) is 4.52. The third kappa shape index (κ3) is 0.815. The second-order valence-corrected chi connectivity index (χ2v) is 3.99. The van der Waals surface area contributed by atoms with Crippen LogP contribution in [0.15, 0.2) is 5.16 Å². The van der Waals surface area contributed by atoms with Crippen LogP contribution in [0, 0.1) is 11.3 Å². The van der Waals surface area contributed by atoms with Crippen molar-refractivity contribution in [2.24, 2.45) is 16.5 Å². The van der Waals surface area contributed by atoms with Gasteiger partial charge in [0.1, 0.15) is 0 Å². The van der Waals surface area contributed by atoms with Crippen molar-refractivity contribution >= 4 is 5.71 Å². The Bertz CT molecular complexity index is 200. The fourth-order valence-corrected chi connectivity index (χ4v) is 2.84. The van der Waals surface area contributed by atoms with Gasteiger partial charge < -0.3 is 5.21 Å². The molecule has 2 aliphatic carbocycles. The molecular weight excluding hydrogens is 138 g/mol. The number of fused-ring (bicyclic) bond motifs is 2. The molecule has 0 spiro atoms. The van der Waals surface area contributed by atoms with E-state index in [1.165, 1.54) is 19.3 Å². The Labute approximate surface area is 67.3 Å². The molecule has 0 aliphatic heterocycles. The summed E-state index contributed by atoms with van der Waals surface area (Å²) < 4.78 is 0. The second-order valence-electron chi connectivity index (χ2n) is 3.99. The van der Waals surface area contributed by atoms with Gasteiger partial charge in [-0.2, -0.15) is 0 Å². The summed E-state index contributed by atoms with van der Waals surface area (Å²) in [7, 11) is 0.